The van der Waals surface area contributed by atoms with Crippen LogP contribution in [0, 0.1) is 5.92 Å². The summed E-state index contributed by atoms with van der Waals surface area (Å²) in [4.78, 5) is 24.0. The van der Waals surface area contributed by atoms with Gasteiger partial charge in [-0.2, -0.15) is 0 Å². The average molecular weight is 187 g/mol. The highest BCUT2D eigenvalue weighted by Gasteiger charge is 2.27. The van der Waals surface area contributed by atoms with Gasteiger partial charge in [-0.3, -0.25) is 9.59 Å². The van der Waals surface area contributed by atoms with Crippen LogP contribution in [0.2, 0.25) is 0 Å². The number of carbonyl (C=O) groups excluding carboxylic acids is 2. The Bertz CT molecular complexity index is 201. The Morgan fingerprint density at radius 3 is 2.15 bits per heavy atom. The molecule has 0 saturated carbocycles. The lowest BCUT2D eigenvalue weighted by Gasteiger charge is -2.17. The van der Waals surface area contributed by atoms with Crippen LogP contribution in [0.5, 0.6) is 0 Å². The highest BCUT2D eigenvalue weighted by molar-refractivity contribution is 6.02. The number of hydrogen-bond acceptors (Lipinski definition) is 3. The molecule has 0 aliphatic rings. The van der Waals surface area contributed by atoms with Crippen molar-refractivity contribution in [3.63, 3.8) is 0 Å². The second kappa shape index (κ2) is 4.97. The van der Waals surface area contributed by atoms with Crippen LogP contribution in [0.15, 0.2) is 0 Å². The quantitative estimate of drug-likeness (QED) is 0.633. The number of Topliss-reactive ketones (excluding diaryl/α,β-unsaturated/α-hetero) is 1. The third kappa shape index (κ3) is 3.14. The molecule has 0 aromatic carbocycles. The molecule has 0 saturated heterocycles. The highest BCUT2D eigenvalue weighted by atomic mass is 16.3. The Balaban J connectivity index is 4.34. The summed E-state index contributed by atoms with van der Waals surface area (Å²) in [7, 11) is 3.18. The first kappa shape index (κ1) is 12.1. The molecular weight excluding hydrogens is 170 g/mol. The van der Waals surface area contributed by atoms with E-state index in [2.05, 4.69) is 0 Å². The third-order valence-corrected chi connectivity index (χ3v) is 1.95. The largest absolute Gasteiger partial charge is 0.385 e. The van der Waals surface area contributed by atoms with Crippen molar-refractivity contribution < 1.29 is 14.7 Å². The molecular formula is C9H17NO3. The minimum absolute atomic E-state index is 0.266. The summed E-state index contributed by atoms with van der Waals surface area (Å²) in [6.07, 6.45) is -0.664. The van der Waals surface area contributed by atoms with E-state index < -0.39 is 17.8 Å². The molecule has 0 spiro atoms. The van der Waals surface area contributed by atoms with E-state index in [1.165, 1.54) is 11.8 Å². The third-order valence-electron chi connectivity index (χ3n) is 1.95. The zero-order valence-electron chi connectivity index (χ0n) is 8.57. The van der Waals surface area contributed by atoms with Gasteiger partial charge in [-0.1, -0.05) is 6.92 Å². The molecule has 13 heavy (non-hydrogen) atoms. The Kier molecular flexibility index (Phi) is 4.62. The van der Waals surface area contributed by atoms with Gasteiger partial charge in [0.2, 0.25) is 5.91 Å². The van der Waals surface area contributed by atoms with Crippen molar-refractivity contribution in [1.82, 2.24) is 4.90 Å². The van der Waals surface area contributed by atoms with Crippen molar-refractivity contribution in [3.05, 3.63) is 0 Å². The van der Waals surface area contributed by atoms with E-state index in [4.69, 9.17) is 0 Å². The molecule has 0 radical (unpaired) electrons. The number of amides is 1. The summed E-state index contributed by atoms with van der Waals surface area (Å²) in [6, 6.07) is 0. The zero-order chi connectivity index (χ0) is 10.6. The van der Waals surface area contributed by atoms with Gasteiger partial charge in [-0.05, 0) is 13.3 Å². The van der Waals surface area contributed by atoms with Gasteiger partial charge in [0.25, 0.3) is 0 Å². The normalized spacial score (nSPS) is 14.8. The number of rotatable bonds is 4. The molecule has 0 aliphatic carbocycles. The molecule has 76 valence electrons. The lowest BCUT2D eigenvalue weighted by Crippen LogP contribution is -2.37. The van der Waals surface area contributed by atoms with Crippen LogP contribution in [0.25, 0.3) is 0 Å². The molecule has 0 unspecified atom stereocenters. The summed E-state index contributed by atoms with van der Waals surface area (Å²) < 4.78 is 0. The Morgan fingerprint density at radius 2 is 1.85 bits per heavy atom. The van der Waals surface area contributed by atoms with E-state index >= 15 is 0 Å². The molecule has 0 fully saturated rings. The van der Waals surface area contributed by atoms with E-state index in [-0.39, 0.29) is 5.91 Å². The SMILES string of the molecule is CC[C@H](O)C(=O)[C@@H](C)C(=O)N(C)C. The Hall–Kier alpha value is -0.900. The molecule has 4 nitrogen and oxygen atoms in total. The Labute approximate surface area is 78.5 Å². The maximum Gasteiger partial charge on any atom is 0.232 e. The van der Waals surface area contributed by atoms with Crippen LogP contribution in [0.4, 0.5) is 0 Å². The topological polar surface area (TPSA) is 57.6 Å². The van der Waals surface area contributed by atoms with Crippen LogP contribution >= 0.6 is 0 Å². The first-order chi connectivity index (χ1) is 5.91. The van der Waals surface area contributed by atoms with Gasteiger partial charge < -0.3 is 10.0 Å². The number of ketones is 1. The number of nitrogens with zero attached hydrogens (tertiary/aromatic N) is 1. The average Bonchev–Trinajstić information content (AvgIpc) is 2.12. The monoisotopic (exact) mass is 187 g/mol. The van der Waals surface area contributed by atoms with Crippen LogP contribution in [-0.4, -0.2) is 41.9 Å². The summed E-state index contributed by atoms with van der Waals surface area (Å²) in [5.74, 6) is -1.41. The standard InChI is InChI=1S/C9H17NO3/c1-5-7(11)8(12)6(2)9(13)10(3)4/h6-7,11H,5H2,1-4H3/t6-,7+/m1/s1. The molecule has 4 heteroatoms. The second-order valence-electron chi connectivity index (χ2n) is 3.28. The van der Waals surface area contributed by atoms with Crippen molar-refractivity contribution in [3.8, 4) is 0 Å². The Morgan fingerprint density at radius 1 is 1.38 bits per heavy atom. The van der Waals surface area contributed by atoms with E-state index in [0.29, 0.717) is 6.42 Å². The van der Waals surface area contributed by atoms with Crippen molar-refractivity contribution in [2.45, 2.75) is 26.4 Å². The van der Waals surface area contributed by atoms with Crippen LogP contribution in [0.1, 0.15) is 20.3 Å². The van der Waals surface area contributed by atoms with Crippen LogP contribution in [-0.2, 0) is 9.59 Å². The molecule has 0 aromatic heterocycles. The maximum atomic E-state index is 11.3. The second-order valence-corrected chi connectivity index (χ2v) is 3.28. The fourth-order valence-corrected chi connectivity index (χ4v) is 0.999. The van der Waals surface area contributed by atoms with Gasteiger partial charge in [-0.25, -0.2) is 0 Å². The predicted octanol–water partition coefficient (Wildman–Crippen LogP) is 0.0507. The summed E-state index contributed by atoms with van der Waals surface area (Å²) in [5.41, 5.74) is 0. The van der Waals surface area contributed by atoms with E-state index in [1.54, 1.807) is 21.0 Å². The molecule has 0 aliphatic heterocycles. The molecule has 0 bridgehead atoms. The first-order valence-electron chi connectivity index (χ1n) is 4.34. The fourth-order valence-electron chi connectivity index (χ4n) is 0.999. The minimum Gasteiger partial charge on any atom is -0.385 e. The van der Waals surface area contributed by atoms with E-state index in [1.807, 2.05) is 0 Å². The number of hydrogen-bond donors (Lipinski definition) is 1. The van der Waals surface area contributed by atoms with Gasteiger partial charge in [0.15, 0.2) is 5.78 Å². The first-order valence-corrected chi connectivity index (χ1v) is 4.34. The number of carbonyl (C=O) groups is 2. The van der Waals surface area contributed by atoms with Gasteiger partial charge in [-0.15, -0.1) is 0 Å². The number of aliphatic hydroxyl groups excluding tert-OH is 1. The lowest BCUT2D eigenvalue weighted by atomic mass is 9.99. The molecule has 1 amide bonds. The van der Waals surface area contributed by atoms with Crippen molar-refractivity contribution in [2.75, 3.05) is 14.1 Å². The molecule has 0 rings (SSSR count). The van der Waals surface area contributed by atoms with Crippen molar-refractivity contribution in [2.24, 2.45) is 5.92 Å². The van der Waals surface area contributed by atoms with E-state index in [0.717, 1.165) is 0 Å². The summed E-state index contributed by atoms with van der Waals surface area (Å²) >= 11 is 0. The van der Waals surface area contributed by atoms with Crippen LogP contribution < -0.4 is 0 Å². The maximum absolute atomic E-state index is 11.3. The van der Waals surface area contributed by atoms with Gasteiger partial charge in [0, 0.05) is 14.1 Å². The molecule has 0 aromatic rings. The van der Waals surface area contributed by atoms with E-state index in [9.17, 15) is 14.7 Å². The molecule has 0 heterocycles. The van der Waals surface area contributed by atoms with Gasteiger partial charge in [0.1, 0.15) is 6.10 Å². The lowest BCUT2D eigenvalue weighted by molar-refractivity contribution is -0.142. The zero-order valence-corrected chi connectivity index (χ0v) is 8.57. The minimum atomic E-state index is -1.01. The number of aliphatic hydroxyl groups is 1. The molecule has 2 atom stereocenters. The summed E-state index contributed by atoms with van der Waals surface area (Å²) in [5, 5.41) is 9.21. The highest BCUT2D eigenvalue weighted by Crippen LogP contribution is 2.06. The summed E-state index contributed by atoms with van der Waals surface area (Å²) in [6.45, 7) is 3.22. The predicted molar refractivity (Wildman–Crippen MR) is 49.2 cm³/mol. The van der Waals surface area contributed by atoms with Crippen LogP contribution in [0.3, 0.4) is 0 Å². The van der Waals surface area contributed by atoms with Gasteiger partial charge >= 0.3 is 0 Å². The fraction of sp³-hybridized carbons (Fsp3) is 0.778. The van der Waals surface area contributed by atoms with Crippen molar-refractivity contribution >= 4 is 11.7 Å². The van der Waals surface area contributed by atoms with Crippen molar-refractivity contribution in [1.29, 1.82) is 0 Å². The van der Waals surface area contributed by atoms with Gasteiger partial charge in [0.05, 0.1) is 5.92 Å². The molecule has 1 N–H and O–H groups in total. The smallest absolute Gasteiger partial charge is 0.232 e.